The van der Waals surface area contributed by atoms with E-state index in [1.54, 1.807) is 25.1 Å². The number of amides is 1. The Morgan fingerprint density at radius 1 is 1.18 bits per heavy atom. The third kappa shape index (κ3) is 5.61. The van der Waals surface area contributed by atoms with Gasteiger partial charge in [0.15, 0.2) is 0 Å². The lowest BCUT2D eigenvalue weighted by molar-refractivity contribution is -0.121. The summed E-state index contributed by atoms with van der Waals surface area (Å²) in [5.41, 5.74) is 1.43. The van der Waals surface area contributed by atoms with Gasteiger partial charge < -0.3 is 9.88 Å². The Bertz CT molecular complexity index is 1290. The number of carbonyl (C=O) groups excluding carboxylic acids is 1. The molecule has 0 spiro atoms. The Morgan fingerprint density at radius 2 is 1.91 bits per heavy atom. The van der Waals surface area contributed by atoms with Gasteiger partial charge >= 0.3 is 0 Å². The van der Waals surface area contributed by atoms with E-state index in [9.17, 15) is 22.0 Å². The normalized spacial score (nSPS) is 12.9. The van der Waals surface area contributed by atoms with Crippen molar-refractivity contribution in [3.63, 3.8) is 0 Å². The number of imidazole rings is 1. The summed E-state index contributed by atoms with van der Waals surface area (Å²) in [5.74, 6) is -0.805. The molecule has 184 valence electrons. The number of carbonyl (C=O) groups is 1. The Labute approximate surface area is 198 Å². The topological polar surface area (TPSA) is 84.3 Å². The molecule has 2 aromatic carbocycles. The first-order valence-electron chi connectivity index (χ1n) is 11.2. The highest BCUT2D eigenvalue weighted by molar-refractivity contribution is 7.89. The largest absolute Gasteiger partial charge is 0.349 e. The summed E-state index contributed by atoms with van der Waals surface area (Å²) < 4.78 is 55.6. The summed E-state index contributed by atoms with van der Waals surface area (Å²) in [6, 6.07) is 7.30. The van der Waals surface area contributed by atoms with Crippen molar-refractivity contribution in [3.05, 3.63) is 59.4 Å². The minimum absolute atomic E-state index is 0.0816. The van der Waals surface area contributed by atoms with Gasteiger partial charge in [-0.1, -0.05) is 13.3 Å². The zero-order valence-electron chi connectivity index (χ0n) is 19.8. The molecule has 3 rings (SSSR count). The SMILES string of the molecule is CCCCn1c(CCC(=O)NC(C)c2cc(F)ccc2F)nc2cc(S(=O)(=O)N(C)C)ccc21. The third-order valence-electron chi connectivity index (χ3n) is 5.69. The molecule has 0 radical (unpaired) electrons. The molecule has 1 aromatic heterocycles. The Hall–Kier alpha value is -2.85. The van der Waals surface area contributed by atoms with Crippen LogP contribution >= 0.6 is 0 Å². The number of rotatable bonds is 10. The van der Waals surface area contributed by atoms with Crippen LogP contribution in [0, 0.1) is 11.6 Å². The summed E-state index contributed by atoms with van der Waals surface area (Å²) in [6.45, 7) is 4.36. The molecule has 0 aliphatic rings. The van der Waals surface area contributed by atoms with Crippen molar-refractivity contribution in [2.24, 2.45) is 0 Å². The first kappa shape index (κ1) is 25.8. The monoisotopic (exact) mass is 492 g/mol. The molecule has 3 aromatic rings. The molecule has 1 atom stereocenters. The van der Waals surface area contributed by atoms with E-state index < -0.39 is 27.7 Å². The number of nitrogens with one attached hydrogen (secondary N) is 1. The van der Waals surface area contributed by atoms with Crippen LogP contribution in [-0.4, -0.2) is 42.3 Å². The van der Waals surface area contributed by atoms with Crippen molar-refractivity contribution in [2.75, 3.05) is 14.1 Å². The summed E-state index contributed by atoms with van der Waals surface area (Å²) in [5, 5.41) is 2.70. The molecule has 1 heterocycles. The highest BCUT2D eigenvalue weighted by Gasteiger charge is 2.20. The quantitative estimate of drug-likeness (QED) is 0.460. The van der Waals surface area contributed by atoms with Crippen LogP contribution in [0.15, 0.2) is 41.3 Å². The number of halogens is 2. The van der Waals surface area contributed by atoms with Crippen LogP contribution in [0.5, 0.6) is 0 Å². The highest BCUT2D eigenvalue weighted by Crippen LogP contribution is 2.24. The maximum atomic E-state index is 14.0. The Balaban J connectivity index is 1.80. The highest BCUT2D eigenvalue weighted by atomic mass is 32.2. The molecular weight excluding hydrogens is 462 g/mol. The molecule has 0 fully saturated rings. The molecule has 0 bridgehead atoms. The lowest BCUT2D eigenvalue weighted by atomic mass is 10.1. The van der Waals surface area contributed by atoms with Crippen molar-refractivity contribution < 1.29 is 22.0 Å². The number of hydrogen-bond acceptors (Lipinski definition) is 4. The molecule has 0 aliphatic heterocycles. The predicted molar refractivity (Wildman–Crippen MR) is 127 cm³/mol. The van der Waals surface area contributed by atoms with Gasteiger partial charge in [0.05, 0.1) is 22.0 Å². The van der Waals surface area contributed by atoms with E-state index in [1.807, 2.05) is 4.57 Å². The molecule has 0 aliphatic carbocycles. The van der Waals surface area contributed by atoms with Gasteiger partial charge in [-0.05, 0) is 49.7 Å². The average Bonchev–Trinajstić information content (AvgIpc) is 3.14. The third-order valence-corrected chi connectivity index (χ3v) is 7.50. The van der Waals surface area contributed by atoms with Crippen LogP contribution in [-0.2, 0) is 27.8 Å². The molecular formula is C24H30F2N4O3S. The Kier molecular flexibility index (Phi) is 8.04. The number of fused-ring (bicyclic) bond motifs is 1. The molecule has 1 unspecified atom stereocenters. The van der Waals surface area contributed by atoms with Gasteiger partial charge in [0, 0.05) is 39.0 Å². The predicted octanol–water partition coefficient (Wildman–Crippen LogP) is 4.17. The van der Waals surface area contributed by atoms with E-state index in [2.05, 4.69) is 17.2 Å². The molecule has 0 saturated heterocycles. The fourth-order valence-corrected chi connectivity index (χ4v) is 4.67. The van der Waals surface area contributed by atoms with Crippen LogP contribution in [0.3, 0.4) is 0 Å². The lowest BCUT2D eigenvalue weighted by Crippen LogP contribution is -2.27. The van der Waals surface area contributed by atoms with Gasteiger partial charge in [-0.25, -0.2) is 26.5 Å². The number of aryl methyl sites for hydroxylation is 2. The maximum Gasteiger partial charge on any atom is 0.242 e. The second-order valence-corrected chi connectivity index (χ2v) is 10.6. The zero-order valence-corrected chi connectivity index (χ0v) is 20.6. The Morgan fingerprint density at radius 3 is 2.59 bits per heavy atom. The standard InChI is InChI=1S/C24H30F2N4O3S/c1-5-6-13-30-22-10-8-18(34(32,33)29(3)4)15-21(22)28-23(30)11-12-24(31)27-16(2)19-14-17(25)7-9-20(19)26/h7-10,14-16H,5-6,11-13H2,1-4H3,(H,27,31). The fourth-order valence-electron chi connectivity index (χ4n) is 3.75. The summed E-state index contributed by atoms with van der Waals surface area (Å²) in [4.78, 5) is 17.3. The molecule has 7 nitrogen and oxygen atoms in total. The molecule has 34 heavy (non-hydrogen) atoms. The smallest absolute Gasteiger partial charge is 0.242 e. The molecule has 1 N–H and O–H groups in total. The minimum Gasteiger partial charge on any atom is -0.349 e. The molecule has 0 saturated carbocycles. The van der Waals surface area contributed by atoms with E-state index >= 15 is 0 Å². The van der Waals surface area contributed by atoms with Crippen molar-refractivity contribution >= 4 is 27.0 Å². The van der Waals surface area contributed by atoms with Crippen LogP contribution in [0.1, 0.15) is 50.5 Å². The average molecular weight is 493 g/mol. The number of sulfonamides is 1. The van der Waals surface area contributed by atoms with Gasteiger partial charge in [0.1, 0.15) is 17.5 Å². The zero-order chi connectivity index (χ0) is 25.0. The van der Waals surface area contributed by atoms with E-state index in [4.69, 9.17) is 0 Å². The lowest BCUT2D eigenvalue weighted by Gasteiger charge is -2.15. The van der Waals surface area contributed by atoms with E-state index in [-0.39, 0.29) is 22.8 Å². The van der Waals surface area contributed by atoms with Gasteiger partial charge in [-0.15, -0.1) is 0 Å². The van der Waals surface area contributed by atoms with Gasteiger partial charge in [0.25, 0.3) is 0 Å². The second kappa shape index (κ2) is 10.6. The van der Waals surface area contributed by atoms with Gasteiger partial charge in [-0.2, -0.15) is 0 Å². The first-order valence-corrected chi connectivity index (χ1v) is 12.6. The second-order valence-electron chi connectivity index (χ2n) is 8.43. The van der Waals surface area contributed by atoms with Gasteiger partial charge in [0.2, 0.25) is 15.9 Å². The van der Waals surface area contributed by atoms with Crippen molar-refractivity contribution in [1.82, 2.24) is 19.2 Å². The van der Waals surface area contributed by atoms with Crippen molar-refractivity contribution in [3.8, 4) is 0 Å². The van der Waals surface area contributed by atoms with Crippen LogP contribution < -0.4 is 5.32 Å². The van der Waals surface area contributed by atoms with E-state index in [0.29, 0.717) is 24.3 Å². The number of unbranched alkanes of at least 4 members (excludes halogenated alkanes) is 1. The summed E-state index contributed by atoms with van der Waals surface area (Å²) in [6.07, 6.45) is 2.28. The number of hydrogen-bond donors (Lipinski definition) is 1. The molecule has 1 amide bonds. The van der Waals surface area contributed by atoms with Gasteiger partial charge in [-0.3, -0.25) is 4.79 Å². The fraction of sp³-hybridized carbons (Fsp3) is 0.417. The first-order chi connectivity index (χ1) is 16.0. The summed E-state index contributed by atoms with van der Waals surface area (Å²) in [7, 11) is -0.654. The number of benzene rings is 2. The summed E-state index contributed by atoms with van der Waals surface area (Å²) >= 11 is 0. The van der Waals surface area contributed by atoms with Crippen LogP contribution in [0.25, 0.3) is 11.0 Å². The molecule has 10 heteroatoms. The van der Waals surface area contributed by atoms with Crippen LogP contribution in [0.4, 0.5) is 8.78 Å². The maximum absolute atomic E-state index is 14.0. The van der Waals surface area contributed by atoms with Crippen molar-refractivity contribution in [2.45, 2.75) is 57.0 Å². The van der Waals surface area contributed by atoms with Crippen LogP contribution in [0.2, 0.25) is 0 Å². The number of nitrogens with zero attached hydrogens (tertiary/aromatic N) is 3. The van der Waals surface area contributed by atoms with Crippen molar-refractivity contribution in [1.29, 1.82) is 0 Å². The van der Waals surface area contributed by atoms with E-state index in [1.165, 1.54) is 14.1 Å². The van der Waals surface area contributed by atoms with E-state index in [0.717, 1.165) is 40.9 Å². The minimum atomic E-state index is -3.60. The number of aromatic nitrogens is 2.